The smallest absolute Gasteiger partial charge is 0.343 e. The summed E-state index contributed by atoms with van der Waals surface area (Å²) in [5.41, 5.74) is -0.0433. The largest absolute Gasteiger partial charge is 0.378 e. The molecular formula is C14H14N4O3S. The maximum Gasteiger partial charge on any atom is 0.343 e. The van der Waals surface area contributed by atoms with Crippen molar-refractivity contribution >= 4 is 23.3 Å². The van der Waals surface area contributed by atoms with Crippen molar-refractivity contribution in [3.63, 3.8) is 0 Å². The van der Waals surface area contributed by atoms with Gasteiger partial charge in [0, 0.05) is 18.0 Å². The molecule has 1 aromatic heterocycles. The number of nitro groups is 1. The van der Waals surface area contributed by atoms with Gasteiger partial charge in [-0.2, -0.15) is 0 Å². The van der Waals surface area contributed by atoms with E-state index >= 15 is 0 Å². The summed E-state index contributed by atoms with van der Waals surface area (Å²) in [6.07, 6.45) is 1.38. The van der Waals surface area contributed by atoms with Crippen LogP contribution in [0.25, 0.3) is 0 Å². The second-order valence-corrected chi connectivity index (χ2v) is 5.68. The monoisotopic (exact) mass is 318 g/mol. The summed E-state index contributed by atoms with van der Waals surface area (Å²) >= 11 is 1.27. The van der Waals surface area contributed by atoms with Crippen LogP contribution in [0.5, 0.6) is 0 Å². The van der Waals surface area contributed by atoms with Gasteiger partial charge in [-0.15, -0.1) is 0 Å². The number of nitrogens with zero attached hydrogens (tertiary/aromatic N) is 4. The Balaban J connectivity index is 1.97. The normalized spacial score (nSPS) is 14.8. The van der Waals surface area contributed by atoms with Gasteiger partial charge in [0.15, 0.2) is 5.03 Å². The molecule has 0 unspecified atom stereocenters. The molecule has 2 aromatic rings. The summed E-state index contributed by atoms with van der Waals surface area (Å²) in [4.78, 5) is 22.1. The average Bonchev–Trinajstić information content (AvgIpc) is 2.56. The van der Waals surface area contributed by atoms with Crippen molar-refractivity contribution in [1.29, 1.82) is 0 Å². The van der Waals surface area contributed by atoms with Gasteiger partial charge in [-0.05, 0) is 12.1 Å². The topological polar surface area (TPSA) is 81.4 Å². The van der Waals surface area contributed by atoms with E-state index in [9.17, 15) is 10.1 Å². The Hall–Kier alpha value is -2.19. The molecule has 1 aliphatic heterocycles. The number of anilines is 1. The summed E-state index contributed by atoms with van der Waals surface area (Å²) in [6, 6.07) is 9.46. The first-order valence-electron chi connectivity index (χ1n) is 6.80. The Kier molecular flexibility index (Phi) is 4.50. The maximum absolute atomic E-state index is 11.5. The quantitative estimate of drug-likeness (QED) is 0.486. The van der Waals surface area contributed by atoms with Crippen LogP contribution in [-0.2, 0) is 4.74 Å². The van der Waals surface area contributed by atoms with Gasteiger partial charge in [0.2, 0.25) is 5.82 Å². The lowest BCUT2D eigenvalue weighted by Gasteiger charge is -2.27. The maximum atomic E-state index is 11.5. The molecule has 7 nitrogen and oxygen atoms in total. The van der Waals surface area contributed by atoms with Crippen LogP contribution >= 0.6 is 11.8 Å². The molecule has 0 radical (unpaired) electrons. The van der Waals surface area contributed by atoms with E-state index in [1.165, 1.54) is 18.1 Å². The van der Waals surface area contributed by atoms with Gasteiger partial charge in [0.05, 0.1) is 18.1 Å². The lowest BCUT2D eigenvalue weighted by atomic mass is 10.3. The van der Waals surface area contributed by atoms with E-state index in [2.05, 4.69) is 9.97 Å². The zero-order valence-electron chi connectivity index (χ0n) is 11.7. The molecule has 0 amide bonds. The third kappa shape index (κ3) is 3.18. The van der Waals surface area contributed by atoms with Crippen LogP contribution < -0.4 is 4.90 Å². The Bertz CT molecular complexity index is 662. The highest BCUT2D eigenvalue weighted by molar-refractivity contribution is 7.99. The highest BCUT2D eigenvalue weighted by atomic mass is 32.2. The summed E-state index contributed by atoms with van der Waals surface area (Å²) in [6.45, 7) is 2.27. The third-order valence-corrected chi connectivity index (χ3v) is 4.22. The highest BCUT2D eigenvalue weighted by Gasteiger charge is 2.28. The van der Waals surface area contributed by atoms with Crippen molar-refractivity contribution in [2.24, 2.45) is 0 Å². The average molecular weight is 318 g/mol. The van der Waals surface area contributed by atoms with E-state index in [4.69, 9.17) is 4.74 Å². The second-order valence-electron chi connectivity index (χ2n) is 4.62. The van der Waals surface area contributed by atoms with E-state index in [0.717, 1.165) is 4.90 Å². The molecule has 8 heteroatoms. The zero-order valence-corrected chi connectivity index (χ0v) is 12.5. The van der Waals surface area contributed by atoms with Gasteiger partial charge in [-0.25, -0.2) is 9.97 Å². The molecule has 3 rings (SSSR count). The fourth-order valence-corrected chi connectivity index (χ4v) is 3.07. The minimum atomic E-state index is -0.407. The predicted octanol–water partition coefficient (Wildman–Crippen LogP) is 2.37. The standard InChI is InChI=1S/C14H14N4O3S/c19-18(20)12-13(17-6-8-21-9-7-17)15-10-16-14(12)22-11-4-2-1-3-5-11/h1-5,10H,6-9H2. The molecule has 1 fully saturated rings. The van der Waals surface area contributed by atoms with E-state index < -0.39 is 4.92 Å². The van der Waals surface area contributed by atoms with Gasteiger partial charge >= 0.3 is 5.69 Å². The number of morpholine rings is 1. The number of hydrogen-bond donors (Lipinski definition) is 0. The van der Waals surface area contributed by atoms with E-state index in [-0.39, 0.29) is 5.69 Å². The van der Waals surface area contributed by atoms with Crippen LogP contribution in [0.2, 0.25) is 0 Å². The van der Waals surface area contributed by atoms with Gasteiger partial charge in [0.25, 0.3) is 0 Å². The summed E-state index contributed by atoms with van der Waals surface area (Å²) in [5.74, 6) is 0.363. The summed E-state index contributed by atoms with van der Waals surface area (Å²) in [7, 11) is 0. The Morgan fingerprint density at radius 2 is 1.91 bits per heavy atom. The lowest BCUT2D eigenvalue weighted by Crippen LogP contribution is -2.37. The third-order valence-electron chi connectivity index (χ3n) is 3.22. The highest BCUT2D eigenvalue weighted by Crippen LogP contribution is 2.37. The number of hydrogen-bond acceptors (Lipinski definition) is 7. The van der Waals surface area contributed by atoms with Gasteiger partial charge in [-0.1, -0.05) is 30.0 Å². The molecule has 1 aromatic carbocycles. The molecule has 114 valence electrons. The fourth-order valence-electron chi connectivity index (χ4n) is 2.20. The molecule has 0 saturated carbocycles. The van der Waals surface area contributed by atoms with Gasteiger partial charge < -0.3 is 9.64 Å². The van der Waals surface area contributed by atoms with Crippen molar-refractivity contribution in [2.75, 3.05) is 31.2 Å². The van der Waals surface area contributed by atoms with Crippen LogP contribution in [0.15, 0.2) is 46.6 Å². The van der Waals surface area contributed by atoms with Crippen LogP contribution in [0.4, 0.5) is 11.5 Å². The van der Waals surface area contributed by atoms with Gasteiger partial charge in [-0.3, -0.25) is 10.1 Å². The van der Waals surface area contributed by atoms with Crippen molar-refractivity contribution in [1.82, 2.24) is 9.97 Å². The zero-order chi connectivity index (χ0) is 15.4. The molecule has 0 atom stereocenters. The van der Waals surface area contributed by atoms with Crippen molar-refractivity contribution in [2.45, 2.75) is 9.92 Å². The Morgan fingerprint density at radius 3 is 2.59 bits per heavy atom. The number of benzene rings is 1. The Labute approximate surface area is 131 Å². The molecule has 22 heavy (non-hydrogen) atoms. The first kappa shape index (κ1) is 14.7. The van der Waals surface area contributed by atoms with E-state index in [0.29, 0.717) is 37.1 Å². The minimum absolute atomic E-state index is 0.0433. The predicted molar refractivity (Wildman–Crippen MR) is 82.3 cm³/mol. The van der Waals surface area contributed by atoms with Crippen molar-refractivity contribution in [3.8, 4) is 0 Å². The molecule has 0 spiro atoms. The molecular weight excluding hydrogens is 304 g/mol. The van der Waals surface area contributed by atoms with Crippen LogP contribution in [0, 0.1) is 10.1 Å². The lowest BCUT2D eigenvalue weighted by molar-refractivity contribution is -0.387. The second kappa shape index (κ2) is 6.71. The van der Waals surface area contributed by atoms with Crippen LogP contribution in [-0.4, -0.2) is 41.2 Å². The molecule has 0 bridgehead atoms. The molecule has 1 aliphatic rings. The molecule has 0 aliphatic carbocycles. The first-order valence-corrected chi connectivity index (χ1v) is 7.62. The van der Waals surface area contributed by atoms with Crippen LogP contribution in [0.3, 0.4) is 0 Å². The van der Waals surface area contributed by atoms with E-state index in [1.807, 2.05) is 35.2 Å². The molecule has 1 saturated heterocycles. The molecule has 0 N–H and O–H groups in total. The number of ether oxygens (including phenoxy) is 1. The minimum Gasteiger partial charge on any atom is -0.378 e. The summed E-state index contributed by atoms with van der Waals surface area (Å²) in [5, 5.41) is 11.9. The van der Waals surface area contributed by atoms with Gasteiger partial charge in [0.1, 0.15) is 6.33 Å². The number of rotatable bonds is 4. The molecule has 2 heterocycles. The summed E-state index contributed by atoms with van der Waals surface area (Å²) < 4.78 is 5.29. The first-order chi connectivity index (χ1) is 10.8. The fraction of sp³-hybridized carbons (Fsp3) is 0.286. The van der Waals surface area contributed by atoms with Crippen molar-refractivity contribution in [3.05, 3.63) is 46.8 Å². The van der Waals surface area contributed by atoms with Crippen molar-refractivity contribution < 1.29 is 9.66 Å². The van der Waals surface area contributed by atoms with E-state index in [1.54, 1.807) is 0 Å². The van der Waals surface area contributed by atoms with Crippen LogP contribution in [0.1, 0.15) is 0 Å². The number of aromatic nitrogens is 2. The SMILES string of the molecule is O=[N+]([O-])c1c(Sc2ccccc2)ncnc1N1CCOCC1. The Morgan fingerprint density at radius 1 is 1.18 bits per heavy atom.